The van der Waals surface area contributed by atoms with Crippen LogP contribution in [0.4, 0.5) is 5.69 Å². The lowest BCUT2D eigenvalue weighted by molar-refractivity contribution is 0.0794. The van der Waals surface area contributed by atoms with Crippen molar-refractivity contribution in [2.45, 2.75) is 12.8 Å². The van der Waals surface area contributed by atoms with Crippen molar-refractivity contribution < 1.29 is 4.79 Å². The second-order valence-corrected chi connectivity index (χ2v) is 8.14. The highest BCUT2D eigenvalue weighted by Crippen LogP contribution is 2.23. The summed E-state index contributed by atoms with van der Waals surface area (Å²) in [7, 11) is 1.81. The molecular weight excluding hydrogens is 410 g/mol. The number of carbonyl (C=O) groups is 1. The molecule has 3 aromatic carbocycles. The van der Waals surface area contributed by atoms with E-state index in [9.17, 15) is 10.1 Å². The van der Waals surface area contributed by atoms with Gasteiger partial charge in [-0.2, -0.15) is 5.26 Å². The molecule has 0 aliphatic rings. The van der Waals surface area contributed by atoms with Crippen LogP contribution < -0.4 is 11.1 Å². The molecule has 0 bridgehead atoms. The minimum Gasteiger partial charge on any atom is -0.384 e. The molecule has 0 aliphatic heterocycles. The maximum Gasteiger partial charge on any atom is 0.253 e. The van der Waals surface area contributed by atoms with Gasteiger partial charge in [0.25, 0.3) is 5.91 Å². The Morgan fingerprint density at radius 3 is 2.73 bits per heavy atom. The van der Waals surface area contributed by atoms with Gasteiger partial charge in [0.05, 0.1) is 17.1 Å². The molecule has 0 spiro atoms. The Kier molecular flexibility index (Phi) is 6.82. The minimum atomic E-state index is 0.0164. The molecule has 6 heteroatoms. The van der Waals surface area contributed by atoms with Crippen molar-refractivity contribution in [3.8, 4) is 6.07 Å². The van der Waals surface area contributed by atoms with Crippen LogP contribution in [0, 0.1) is 11.3 Å². The van der Waals surface area contributed by atoms with E-state index in [1.165, 1.54) is 5.56 Å². The molecule has 0 atom stereocenters. The number of hydrogen-bond acceptors (Lipinski definition) is 5. The molecule has 4 rings (SSSR count). The van der Waals surface area contributed by atoms with Crippen LogP contribution >= 0.6 is 0 Å². The zero-order valence-electron chi connectivity index (χ0n) is 18.7. The van der Waals surface area contributed by atoms with Crippen LogP contribution in [0.2, 0.25) is 0 Å². The van der Waals surface area contributed by atoms with Gasteiger partial charge in [-0.05, 0) is 72.1 Å². The number of amides is 1. The van der Waals surface area contributed by atoms with Gasteiger partial charge in [0.1, 0.15) is 0 Å². The first kappa shape index (κ1) is 22.3. The summed E-state index contributed by atoms with van der Waals surface area (Å²) < 4.78 is 0. The topological polar surface area (TPSA) is 95.0 Å². The number of nitriles is 1. The first-order valence-electron chi connectivity index (χ1n) is 11.1. The van der Waals surface area contributed by atoms with Gasteiger partial charge in [-0.15, -0.1) is 0 Å². The molecule has 0 saturated carbocycles. The number of nitrogens with zero attached hydrogens (tertiary/aromatic N) is 3. The van der Waals surface area contributed by atoms with Gasteiger partial charge in [0, 0.05) is 43.0 Å². The predicted octanol–water partition coefficient (Wildman–Crippen LogP) is 4.34. The maximum absolute atomic E-state index is 12.6. The SMILES string of the molecule is CN(CCCN)C(=O)c1ccc2cc(CCNc3ccnc4ccc(C#N)cc34)ccc2c1. The average molecular weight is 438 g/mol. The van der Waals surface area contributed by atoms with Crippen LogP contribution in [0.25, 0.3) is 21.7 Å². The normalized spacial score (nSPS) is 10.8. The number of benzene rings is 3. The summed E-state index contributed by atoms with van der Waals surface area (Å²) in [6, 6.07) is 21.8. The van der Waals surface area contributed by atoms with Crippen molar-refractivity contribution in [3.63, 3.8) is 0 Å². The summed E-state index contributed by atoms with van der Waals surface area (Å²) >= 11 is 0. The monoisotopic (exact) mass is 437 g/mol. The molecule has 3 N–H and O–H groups in total. The van der Waals surface area contributed by atoms with E-state index in [-0.39, 0.29) is 5.91 Å². The Bertz CT molecular complexity index is 1340. The number of rotatable bonds is 8. The summed E-state index contributed by atoms with van der Waals surface area (Å²) in [5.41, 5.74) is 9.92. The number of nitrogens with one attached hydrogen (secondary N) is 1. The standard InChI is InChI=1S/C27H27N5O/c1-32(14-2-11-28)27(33)23-7-6-21-15-19(3-5-22(21)17-23)9-12-30-26-10-13-31-25-8-4-20(18-29)16-24(25)26/h3-8,10,13,15-17H,2,9,11-12,14,28H2,1H3,(H,30,31). The van der Waals surface area contributed by atoms with Crippen molar-refractivity contribution in [1.82, 2.24) is 9.88 Å². The number of carbonyl (C=O) groups excluding carboxylic acids is 1. The number of fused-ring (bicyclic) bond motifs is 2. The highest BCUT2D eigenvalue weighted by atomic mass is 16.2. The summed E-state index contributed by atoms with van der Waals surface area (Å²) in [6.45, 7) is 1.99. The van der Waals surface area contributed by atoms with E-state index >= 15 is 0 Å². The Balaban J connectivity index is 1.44. The number of aromatic nitrogens is 1. The maximum atomic E-state index is 12.6. The number of hydrogen-bond donors (Lipinski definition) is 2. The van der Waals surface area contributed by atoms with Gasteiger partial charge in [-0.3, -0.25) is 9.78 Å². The average Bonchev–Trinajstić information content (AvgIpc) is 2.86. The minimum absolute atomic E-state index is 0.0164. The van der Waals surface area contributed by atoms with E-state index in [0.29, 0.717) is 24.2 Å². The smallest absolute Gasteiger partial charge is 0.253 e. The molecule has 0 fully saturated rings. The molecule has 1 amide bonds. The van der Waals surface area contributed by atoms with Crippen molar-refractivity contribution in [3.05, 3.63) is 83.6 Å². The zero-order chi connectivity index (χ0) is 23.2. The predicted molar refractivity (Wildman–Crippen MR) is 133 cm³/mol. The van der Waals surface area contributed by atoms with Crippen LogP contribution in [-0.2, 0) is 6.42 Å². The van der Waals surface area contributed by atoms with Crippen LogP contribution in [0.15, 0.2) is 66.9 Å². The molecule has 0 radical (unpaired) electrons. The third-order valence-corrected chi connectivity index (χ3v) is 5.80. The first-order valence-corrected chi connectivity index (χ1v) is 11.1. The number of nitrogens with two attached hydrogens (primary N) is 1. The summed E-state index contributed by atoms with van der Waals surface area (Å²) in [5.74, 6) is 0.0164. The quantitative estimate of drug-likeness (QED) is 0.428. The summed E-state index contributed by atoms with van der Waals surface area (Å²) in [6.07, 6.45) is 3.42. The molecule has 0 aliphatic carbocycles. The first-order chi connectivity index (χ1) is 16.1. The molecule has 1 aromatic heterocycles. The molecule has 33 heavy (non-hydrogen) atoms. The van der Waals surface area contributed by atoms with E-state index in [4.69, 9.17) is 5.73 Å². The van der Waals surface area contributed by atoms with Gasteiger partial charge in [0.15, 0.2) is 0 Å². The molecule has 1 heterocycles. The van der Waals surface area contributed by atoms with Gasteiger partial charge < -0.3 is 16.0 Å². The third kappa shape index (κ3) is 5.11. The lowest BCUT2D eigenvalue weighted by Gasteiger charge is -2.17. The molecular formula is C27H27N5O. The van der Waals surface area contributed by atoms with E-state index < -0.39 is 0 Å². The lowest BCUT2D eigenvalue weighted by Crippen LogP contribution is -2.28. The third-order valence-electron chi connectivity index (χ3n) is 5.80. The van der Waals surface area contributed by atoms with Crippen molar-refractivity contribution in [2.75, 3.05) is 32.0 Å². The van der Waals surface area contributed by atoms with Crippen LogP contribution in [-0.4, -0.2) is 42.5 Å². The largest absolute Gasteiger partial charge is 0.384 e. The van der Waals surface area contributed by atoms with Crippen molar-refractivity contribution in [1.29, 1.82) is 5.26 Å². The number of anilines is 1. The van der Waals surface area contributed by atoms with Gasteiger partial charge in [-0.25, -0.2) is 0 Å². The molecule has 0 saturated heterocycles. The van der Waals surface area contributed by atoms with E-state index in [2.05, 4.69) is 34.6 Å². The Morgan fingerprint density at radius 2 is 1.91 bits per heavy atom. The second kappa shape index (κ2) is 10.1. The van der Waals surface area contributed by atoms with Crippen LogP contribution in [0.1, 0.15) is 27.9 Å². The molecule has 4 aromatic rings. The van der Waals surface area contributed by atoms with E-state index in [1.54, 1.807) is 17.2 Å². The fourth-order valence-corrected chi connectivity index (χ4v) is 3.95. The van der Waals surface area contributed by atoms with Crippen LogP contribution in [0.3, 0.4) is 0 Å². The highest BCUT2D eigenvalue weighted by Gasteiger charge is 2.12. The molecule has 6 nitrogen and oxygen atoms in total. The molecule has 0 unspecified atom stereocenters. The fraction of sp³-hybridized carbons (Fsp3) is 0.222. The Morgan fingerprint density at radius 1 is 1.09 bits per heavy atom. The lowest BCUT2D eigenvalue weighted by atomic mass is 10.0. The van der Waals surface area contributed by atoms with E-state index in [0.717, 1.165) is 46.7 Å². The zero-order valence-corrected chi connectivity index (χ0v) is 18.7. The van der Waals surface area contributed by atoms with Gasteiger partial charge >= 0.3 is 0 Å². The van der Waals surface area contributed by atoms with E-state index in [1.807, 2.05) is 43.4 Å². The Labute approximate surface area is 193 Å². The van der Waals surface area contributed by atoms with Crippen LogP contribution in [0.5, 0.6) is 0 Å². The van der Waals surface area contributed by atoms with Gasteiger partial charge in [0.2, 0.25) is 0 Å². The fourth-order valence-electron chi connectivity index (χ4n) is 3.95. The summed E-state index contributed by atoms with van der Waals surface area (Å²) in [5, 5.41) is 15.8. The number of pyridine rings is 1. The van der Waals surface area contributed by atoms with Crippen molar-refractivity contribution >= 4 is 33.3 Å². The second-order valence-electron chi connectivity index (χ2n) is 8.14. The van der Waals surface area contributed by atoms with Crippen molar-refractivity contribution in [2.24, 2.45) is 5.73 Å². The highest BCUT2D eigenvalue weighted by molar-refractivity contribution is 5.98. The Hall–Kier alpha value is -3.95. The summed E-state index contributed by atoms with van der Waals surface area (Å²) in [4.78, 5) is 18.7. The van der Waals surface area contributed by atoms with Gasteiger partial charge in [-0.1, -0.05) is 24.3 Å². The molecule has 166 valence electrons.